The quantitative estimate of drug-likeness (QED) is 0.578. The fourth-order valence-electron chi connectivity index (χ4n) is 4.71. The van der Waals surface area contributed by atoms with Crippen LogP contribution >= 0.6 is 0 Å². The van der Waals surface area contributed by atoms with E-state index in [0.717, 1.165) is 49.0 Å². The number of anilines is 1. The molecular weight excluding hydrogens is 404 g/mol. The van der Waals surface area contributed by atoms with E-state index in [1.165, 1.54) is 0 Å². The van der Waals surface area contributed by atoms with E-state index in [9.17, 15) is 14.7 Å². The van der Waals surface area contributed by atoms with Crippen LogP contribution in [-0.2, 0) is 9.53 Å². The number of esters is 1. The molecule has 0 spiro atoms. The summed E-state index contributed by atoms with van der Waals surface area (Å²) in [6.45, 7) is 5.64. The van der Waals surface area contributed by atoms with E-state index in [0.29, 0.717) is 18.7 Å². The largest absolute Gasteiger partial charge is 0.462 e. The van der Waals surface area contributed by atoms with Gasteiger partial charge in [0.1, 0.15) is 0 Å². The Kier molecular flexibility index (Phi) is 8.28. The van der Waals surface area contributed by atoms with Gasteiger partial charge in [0.25, 0.3) is 0 Å². The maximum atomic E-state index is 12.7. The number of benzene rings is 2. The van der Waals surface area contributed by atoms with Gasteiger partial charge in [0.15, 0.2) is 0 Å². The number of nitrogens with zero attached hydrogens (tertiary/aromatic N) is 1. The summed E-state index contributed by atoms with van der Waals surface area (Å²) in [5.74, 6) is -1.40. The summed E-state index contributed by atoms with van der Waals surface area (Å²) in [6, 6.07) is 15.1. The Morgan fingerprint density at radius 3 is 2.50 bits per heavy atom. The molecule has 1 amide bonds. The zero-order chi connectivity index (χ0) is 23.1. The second-order valence-corrected chi connectivity index (χ2v) is 8.42. The minimum absolute atomic E-state index is 0.110. The summed E-state index contributed by atoms with van der Waals surface area (Å²) in [6.07, 6.45) is 3.09. The molecule has 0 bridgehead atoms. The highest BCUT2D eigenvalue weighted by molar-refractivity contribution is 5.90. The molecule has 3 unspecified atom stereocenters. The van der Waals surface area contributed by atoms with Crippen molar-refractivity contribution in [3.63, 3.8) is 0 Å². The summed E-state index contributed by atoms with van der Waals surface area (Å²) < 4.78 is 5.07. The van der Waals surface area contributed by atoms with Gasteiger partial charge >= 0.3 is 5.97 Å². The second-order valence-electron chi connectivity index (χ2n) is 8.42. The number of carbonyl (C=O) groups excluding carboxylic acids is 2. The number of β-amino-alcohol motifs (C(OH)–C–C–N with tert-alkyl or cyclic N) is 1. The third-order valence-electron chi connectivity index (χ3n) is 6.16. The molecule has 1 saturated heterocycles. The Morgan fingerprint density at radius 2 is 1.88 bits per heavy atom. The number of amides is 1. The number of rotatable bonds is 9. The summed E-state index contributed by atoms with van der Waals surface area (Å²) >= 11 is 0. The molecule has 1 heterocycles. The van der Waals surface area contributed by atoms with Crippen molar-refractivity contribution in [2.75, 3.05) is 24.6 Å². The number of hydrogen-bond donors (Lipinski definition) is 2. The Hall–Kier alpha value is -2.86. The number of ether oxygens (including phenoxy) is 1. The van der Waals surface area contributed by atoms with Crippen LogP contribution in [0.2, 0.25) is 0 Å². The van der Waals surface area contributed by atoms with E-state index in [2.05, 4.69) is 24.0 Å². The first kappa shape index (κ1) is 23.8. The first-order chi connectivity index (χ1) is 15.5. The number of piperidine rings is 1. The highest BCUT2D eigenvalue weighted by Crippen LogP contribution is 2.41. The van der Waals surface area contributed by atoms with E-state index in [1.807, 2.05) is 12.1 Å². The van der Waals surface area contributed by atoms with Crippen LogP contribution in [0.25, 0.3) is 0 Å². The molecule has 2 aromatic carbocycles. The van der Waals surface area contributed by atoms with Gasteiger partial charge in [0.05, 0.1) is 24.2 Å². The first-order valence-corrected chi connectivity index (χ1v) is 11.5. The summed E-state index contributed by atoms with van der Waals surface area (Å²) in [5, 5.41) is 10.2. The minimum atomic E-state index is -0.526. The third kappa shape index (κ3) is 5.49. The lowest BCUT2D eigenvalue weighted by molar-refractivity contribution is -0.120. The molecule has 2 aromatic rings. The van der Waals surface area contributed by atoms with Crippen LogP contribution in [0.1, 0.15) is 72.9 Å². The highest BCUT2D eigenvalue weighted by atomic mass is 16.5. The zero-order valence-electron chi connectivity index (χ0n) is 19.0. The van der Waals surface area contributed by atoms with Crippen molar-refractivity contribution in [2.24, 2.45) is 5.73 Å². The highest BCUT2D eigenvalue weighted by Gasteiger charge is 2.32. The van der Waals surface area contributed by atoms with Crippen molar-refractivity contribution < 1.29 is 19.4 Å². The topological polar surface area (TPSA) is 92.9 Å². The zero-order valence-corrected chi connectivity index (χ0v) is 19.0. The Morgan fingerprint density at radius 1 is 1.16 bits per heavy atom. The molecule has 0 radical (unpaired) electrons. The average Bonchev–Trinajstić information content (AvgIpc) is 2.79. The van der Waals surface area contributed by atoms with Gasteiger partial charge in [-0.05, 0) is 55.5 Å². The Labute approximate surface area is 190 Å². The minimum Gasteiger partial charge on any atom is -0.462 e. The predicted octanol–water partition coefficient (Wildman–Crippen LogP) is 3.98. The predicted molar refractivity (Wildman–Crippen MR) is 126 cm³/mol. The molecule has 3 rings (SSSR count). The molecule has 3 atom stereocenters. The van der Waals surface area contributed by atoms with Gasteiger partial charge in [-0.25, -0.2) is 4.79 Å². The van der Waals surface area contributed by atoms with Gasteiger partial charge in [-0.1, -0.05) is 43.7 Å². The molecule has 3 N–H and O–H groups in total. The van der Waals surface area contributed by atoms with Crippen LogP contribution in [0.3, 0.4) is 0 Å². The fourth-order valence-corrected chi connectivity index (χ4v) is 4.71. The van der Waals surface area contributed by atoms with E-state index < -0.39 is 5.92 Å². The fraction of sp³-hybridized carbons (Fsp3) is 0.462. The van der Waals surface area contributed by atoms with Crippen molar-refractivity contribution >= 4 is 17.6 Å². The van der Waals surface area contributed by atoms with Gasteiger partial charge < -0.3 is 20.5 Å². The van der Waals surface area contributed by atoms with Crippen LogP contribution in [0.5, 0.6) is 0 Å². The number of primary amides is 1. The Bertz CT molecular complexity index is 912. The molecule has 0 aliphatic carbocycles. The number of para-hydroxylation sites is 1. The standard InChI is InChI=1S/C26H34N2O4/c1-3-8-22(21-10-5-6-11-23(21)28-16-7-9-20(29)17-28)24(25(27)30)18-12-14-19(15-13-18)26(31)32-4-2/h5-6,10-15,20,22,24,29H,3-4,7-9,16-17H2,1-2H3,(H2,27,30). The van der Waals surface area contributed by atoms with Gasteiger partial charge in [-0.2, -0.15) is 0 Å². The normalized spacial score (nSPS) is 18.1. The molecule has 1 fully saturated rings. The van der Waals surface area contributed by atoms with Crippen LogP contribution in [-0.4, -0.2) is 42.8 Å². The van der Waals surface area contributed by atoms with E-state index in [-0.39, 0.29) is 23.9 Å². The molecule has 0 saturated carbocycles. The maximum absolute atomic E-state index is 12.7. The molecule has 32 heavy (non-hydrogen) atoms. The molecule has 6 nitrogen and oxygen atoms in total. The van der Waals surface area contributed by atoms with E-state index >= 15 is 0 Å². The van der Waals surface area contributed by atoms with Gasteiger partial charge in [0.2, 0.25) is 5.91 Å². The SMILES string of the molecule is CCCC(c1ccccc1N1CCCC(O)C1)C(C(N)=O)c1ccc(C(=O)OCC)cc1. The third-order valence-corrected chi connectivity index (χ3v) is 6.16. The first-order valence-electron chi connectivity index (χ1n) is 11.5. The van der Waals surface area contributed by atoms with Crippen LogP contribution < -0.4 is 10.6 Å². The van der Waals surface area contributed by atoms with Crippen LogP contribution in [0.4, 0.5) is 5.69 Å². The van der Waals surface area contributed by atoms with Crippen LogP contribution in [0, 0.1) is 0 Å². The molecule has 1 aliphatic rings. The number of aliphatic hydroxyl groups is 1. The molecule has 1 aliphatic heterocycles. The van der Waals surface area contributed by atoms with E-state index in [1.54, 1.807) is 31.2 Å². The lowest BCUT2D eigenvalue weighted by atomic mass is 9.77. The summed E-state index contributed by atoms with van der Waals surface area (Å²) in [5.41, 5.74) is 9.32. The van der Waals surface area contributed by atoms with Gasteiger partial charge in [0, 0.05) is 24.7 Å². The monoisotopic (exact) mass is 438 g/mol. The molecule has 6 heteroatoms. The van der Waals surface area contributed by atoms with Crippen molar-refractivity contribution in [2.45, 2.75) is 57.5 Å². The number of aliphatic hydroxyl groups excluding tert-OH is 1. The second kappa shape index (κ2) is 11.1. The summed E-state index contributed by atoms with van der Waals surface area (Å²) in [4.78, 5) is 27.0. The lowest BCUT2D eigenvalue weighted by Gasteiger charge is -2.36. The number of hydrogen-bond acceptors (Lipinski definition) is 5. The smallest absolute Gasteiger partial charge is 0.338 e. The Balaban J connectivity index is 1.99. The van der Waals surface area contributed by atoms with Crippen molar-refractivity contribution in [3.05, 3.63) is 65.2 Å². The van der Waals surface area contributed by atoms with Crippen LogP contribution in [0.15, 0.2) is 48.5 Å². The summed E-state index contributed by atoms with van der Waals surface area (Å²) in [7, 11) is 0. The van der Waals surface area contributed by atoms with Crippen molar-refractivity contribution in [1.29, 1.82) is 0 Å². The average molecular weight is 439 g/mol. The molecular formula is C26H34N2O4. The maximum Gasteiger partial charge on any atom is 0.338 e. The van der Waals surface area contributed by atoms with Crippen molar-refractivity contribution in [1.82, 2.24) is 0 Å². The molecule has 172 valence electrons. The van der Waals surface area contributed by atoms with Crippen molar-refractivity contribution in [3.8, 4) is 0 Å². The van der Waals surface area contributed by atoms with Gasteiger partial charge in [-0.3, -0.25) is 4.79 Å². The van der Waals surface area contributed by atoms with E-state index in [4.69, 9.17) is 10.5 Å². The number of carbonyl (C=O) groups is 2. The molecule has 0 aromatic heterocycles. The number of nitrogens with two attached hydrogens (primary N) is 1. The lowest BCUT2D eigenvalue weighted by Crippen LogP contribution is -2.39. The van der Waals surface area contributed by atoms with Gasteiger partial charge in [-0.15, -0.1) is 0 Å².